The van der Waals surface area contributed by atoms with Crippen LogP contribution >= 0.6 is 0 Å². The van der Waals surface area contributed by atoms with Gasteiger partial charge in [-0.1, -0.05) is 13.8 Å². The first-order valence-corrected chi connectivity index (χ1v) is 6.31. The second-order valence-corrected chi connectivity index (χ2v) is 6.46. The predicted molar refractivity (Wildman–Crippen MR) is 68.6 cm³/mol. The fourth-order valence-electron chi connectivity index (χ4n) is 2.11. The van der Waals surface area contributed by atoms with Gasteiger partial charge in [0.05, 0.1) is 5.60 Å². The maximum Gasteiger partial charge on any atom is 0.0768 e. The van der Waals surface area contributed by atoms with Crippen molar-refractivity contribution in [1.29, 1.82) is 0 Å². The number of likely N-dealkylation sites (N-methyl/N-ethyl adjacent to an activating group) is 1. The Morgan fingerprint density at radius 3 is 2.31 bits per heavy atom. The molecule has 1 fully saturated rings. The van der Waals surface area contributed by atoms with E-state index in [-0.39, 0.29) is 5.54 Å². The minimum atomic E-state index is -0.577. The highest BCUT2D eigenvalue weighted by molar-refractivity contribution is 4.91. The predicted octanol–water partition coefficient (Wildman–Crippen LogP) is 1.42. The van der Waals surface area contributed by atoms with E-state index in [0.717, 1.165) is 26.2 Å². The zero-order valence-electron chi connectivity index (χ0n) is 11.7. The minimum absolute atomic E-state index is 0.214. The second-order valence-electron chi connectivity index (χ2n) is 6.46. The van der Waals surface area contributed by atoms with Gasteiger partial charge in [0, 0.05) is 31.7 Å². The lowest BCUT2D eigenvalue weighted by molar-refractivity contribution is -0.0476. The van der Waals surface area contributed by atoms with E-state index in [4.69, 9.17) is 0 Å². The molecule has 3 heteroatoms. The third-order valence-electron chi connectivity index (χ3n) is 4.18. The molecule has 0 aromatic heterocycles. The quantitative estimate of drug-likeness (QED) is 0.791. The molecule has 0 saturated carbocycles. The fraction of sp³-hybridized carbons (Fsp3) is 1.00. The van der Waals surface area contributed by atoms with Gasteiger partial charge in [0.15, 0.2) is 0 Å². The topological polar surface area (TPSA) is 26.7 Å². The molecule has 0 spiro atoms. The van der Waals surface area contributed by atoms with E-state index in [1.54, 1.807) is 0 Å². The Morgan fingerprint density at radius 2 is 1.88 bits per heavy atom. The normalized spacial score (nSPS) is 27.0. The highest BCUT2D eigenvalue weighted by Gasteiger charge is 2.35. The molecule has 1 rings (SSSR count). The molecule has 0 aromatic rings. The summed E-state index contributed by atoms with van der Waals surface area (Å²) in [4.78, 5) is 4.79. The van der Waals surface area contributed by atoms with Crippen LogP contribution in [0.15, 0.2) is 0 Å². The Morgan fingerprint density at radius 1 is 1.31 bits per heavy atom. The van der Waals surface area contributed by atoms with Gasteiger partial charge in [0.25, 0.3) is 0 Å². The van der Waals surface area contributed by atoms with Crippen molar-refractivity contribution in [3.63, 3.8) is 0 Å². The number of hydrogen-bond acceptors (Lipinski definition) is 3. The zero-order valence-corrected chi connectivity index (χ0v) is 11.7. The van der Waals surface area contributed by atoms with E-state index < -0.39 is 5.60 Å². The highest BCUT2D eigenvalue weighted by Crippen LogP contribution is 2.23. The van der Waals surface area contributed by atoms with E-state index in [1.165, 1.54) is 0 Å². The smallest absolute Gasteiger partial charge is 0.0768 e. The van der Waals surface area contributed by atoms with E-state index >= 15 is 0 Å². The third kappa shape index (κ3) is 3.19. The van der Waals surface area contributed by atoms with Crippen LogP contribution in [-0.4, -0.2) is 59.3 Å². The maximum absolute atomic E-state index is 10.3. The largest absolute Gasteiger partial charge is 0.389 e. The van der Waals surface area contributed by atoms with Gasteiger partial charge in [-0.2, -0.15) is 0 Å². The number of rotatable bonds is 3. The van der Waals surface area contributed by atoms with Crippen LogP contribution in [-0.2, 0) is 0 Å². The van der Waals surface area contributed by atoms with Crippen molar-refractivity contribution in [3.8, 4) is 0 Å². The van der Waals surface area contributed by atoms with Crippen LogP contribution in [0.5, 0.6) is 0 Å². The van der Waals surface area contributed by atoms with Gasteiger partial charge in [-0.15, -0.1) is 0 Å². The molecule has 0 bridgehead atoms. The summed E-state index contributed by atoms with van der Waals surface area (Å²) in [6.07, 6.45) is 0. The summed E-state index contributed by atoms with van der Waals surface area (Å²) >= 11 is 0. The molecular formula is C13H28N2O. The highest BCUT2D eigenvalue weighted by atomic mass is 16.3. The van der Waals surface area contributed by atoms with Gasteiger partial charge in [-0.05, 0) is 33.7 Å². The van der Waals surface area contributed by atoms with Crippen molar-refractivity contribution in [2.24, 2.45) is 5.92 Å². The first-order chi connectivity index (χ1) is 7.15. The lowest BCUT2D eigenvalue weighted by Gasteiger charge is -2.47. The van der Waals surface area contributed by atoms with Crippen LogP contribution in [0, 0.1) is 5.92 Å². The van der Waals surface area contributed by atoms with Gasteiger partial charge in [-0.25, -0.2) is 0 Å². The van der Waals surface area contributed by atoms with E-state index in [9.17, 15) is 5.11 Å². The van der Waals surface area contributed by atoms with Crippen molar-refractivity contribution >= 4 is 0 Å². The molecule has 3 nitrogen and oxygen atoms in total. The number of piperazine rings is 1. The van der Waals surface area contributed by atoms with Crippen molar-refractivity contribution < 1.29 is 5.11 Å². The van der Waals surface area contributed by atoms with Crippen LogP contribution in [0.1, 0.15) is 34.6 Å². The molecule has 0 amide bonds. The molecule has 16 heavy (non-hydrogen) atoms. The van der Waals surface area contributed by atoms with E-state index in [2.05, 4.69) is 44.5 Å². The molecule has 1 atom stereocenters. The first kappa shape index (κ1) is 13.9. The van der Waals surface area contributed by atoms with Crippen LogP contribution in [0.2, 0.25) is 0 Å². The van der Waals surface area contributed by atoms with Gasteiger partial charge in [0.1, 0.15) is 0 Å². The minimum Gasteiger partial charge on any atom is -0.389 e. The van der Waals surface area contributed by atoms with Gasteiger partial charge >= 0.3 is 0 Å². The van der Waals surface area contributed by atoms with Crippen molar-refractivity contribution in [2.45, 2.75) is 45.8 Å². The third-order valence-corrected chi connectivity index (χ3v) is 4.18. The fourth-order valence-corrected chi connectivity index (χ4v) is 2.11. The molecule has 1 saturated heterocycles. The average Bonchev–Trinajstić information content (AvgIpc) is 2.10. The summed E-state index contributed by atoms with van der Waals surface area (Å²) in [6, 6.07) is 0. The summed E-state index contributed by atoms with van der Waals surface area (Å²) in [5.74, 6) is 0.301. The van der Waals surface area contributed by atoms with Gasteiger partial charge in [0.2, 0.25) is 0 Å². The average molecular weight is 228 g/mol. The Balaban J connectivity index is 2.58. The molecule has 96 valence electrons. The van der Waals surface area contributed by atoms with E-state index in [1.807, 2.05) is 6.92 Å². The second kappa shape index (κ2) is 4.63. The number of β-amino-alcohol motifs (C(OH)–C–C–N with tert-alkyl or cyclic N) is 1. The summed E-state index contributed by atoms with van der Waals surface area (Å²) in [6.45, 7) is 14.6. The van der Waals surface area contributed by atoms with Crippen LogP contribution < -0.4 is 0 Å². The summed E-state index contributed by atoms with van der Waals surface area (Å²) < 4.78 is 0. The van der Waals surface area contributed by atoms with E-state index in [0.29, 0.717) is 5.92 Å². The molecule has 1 N–H and O–H groups in total. The molecule has 1 aliphatic rings. The standard InChI is InChI=1S/C13H28N2O/c1-11(2)13(5,16)10-15-8-7-14(6)12(3,4)9-15/h11,16H,7-10H2,1-6H3. The van der Waals surface area contributed by atoms with Crippen molar-refractivity contribution in [1.82, 2.24) is 9.80 Å². The monoisotopic (exact) mass is 228 g/mol. The lowest BCUT2D eigenvalue weighted by atomic mass is 9.90. The van der Waals surface area contributed by atoms with Crippen molar-refractivity contribution in [3.05, 3.63) is 0 Å². The first-order valence-electron chi connectivity index (χ1n) is 6.31. The van der Waals surface area contributed by atoms with Crippen LogP contribution in [0.4, 0.5) is 0 Å². The summed E-state index contributed by atoms with van der Waals surface area (Å²) in [7, 11) is 2.18. The molecule has 1 heterocycles. The van der Waals surface area contributed by atoms with Crippen molar-refractivity contribution in [2.75, 3.05) is 33.2 Å². The summed E-state index contributed by atoms with van der Waals surface area (Å²) in [5, 5.41) is 10.3. The molecule has 1 aliphatic heterocycles. The number of hydrogen-bond donors (Lipinski definition) is 1. The van der Waals surface area contributed by atoms with Crippen LogP contribution in [0.3, 0.4) is 0 Å². The Kier molecular flexibility index (Phi) is 4.04. The van der Waals surface area contributed by atoms with Gasteiger partial charge < -0.3 is 5.11 Å². The zero-order chi connectivity index (χ0) is 12.6. The Bertz CT molecular complexity index is 236. The summed E-state index contributed by atoms with van der Waals surface area (Å²) in [5.41, 5.74) is -0.364. The maximum atomic E-state index is 10.3. The molecular weight excluding hydrogens is 200 g/mol. The van der Waals surface area contributed by atoms with Gasteiger partial charge in [-0.3, -0.25) is 9.80 Å². The number of aliphatic hydroxyl groups is 1. The SMILES string of the molecule is CC(C)C(C)(O)CN1CCN(C)C(C)(C)C1. The molecule has 1 unspecified atom stereocenters. The molecule has 0 aliphatic carbocycles. The Labute approximate surface area is 100 Å². The molecule has 0 aromatic carbocycles. The molecule has 0 radical (unpaired) electrons. The Hall–Kier alpha value is -0.120. The lowest BCUT2D eigenvalue weighted by Crippen LogP contribution is -2.60. The number of nitrogens with zero attached hydrogens (tertiary/aromatic N) is 2. The van der Waals surface area contributed by atoms with Crippen LogP contribution in [0.25, 0.3) is 0 Å².